The summed E-state index contributed by atoms with van der Waals surface area (Å²) in [6.45, 7) is 6.54. The number of nitrogens with zero attached hydrogens (tertiary/aromatic N) is 1. The van der Waals surface area contributed by atoms with Gasteiger partial charge in [0.15, 0.2) is 0 Å². The molecule has 134 valence electrons. The molecule has 0 aliphatic heterocycles. The summed E-state index contributed by atoms with van der Waals surface area (Å²) < 4.78 is 1.05. The van der Waals surface area contributed by atoms with Crippen molar-refractivity contribution >= 4 is 27.5 Å². The number of carbonyl (C=O) groups is 1. The number of hydrogen-bond acceptors (Lipinski definition) is 3. The van der Waals surface area contributed by atoms with Crippen molar-refractivity contribution < 1.29 is 4.79 Å². The number of benzene rings is 2. The van der Waals surface area contributed by atoms with Gasteiger partial charge in [0.25, 0.3) is 5.91 Å². The molecule has 2 aromatic rings. The second-order valence-electron chi connectivity index (χ2n) is 6.19. The summed E-state index contributed by atoms with van der Waals surface area (Å²) in [5.41, 5.74) is 5.08. The van der Waals surface area contributed by atoms with Gasteiger partial charge in [0.05, 0.1) is 0 Å². The smallest absolute Gasteiger partial charge is 0.267 e. The molecule has 26 heavy (non-hydrogen) atoms. The predicted octanol–water partition coefficient (Wildman–Crippen LogP) is 4.55. The van der Waals surface area contributed by atoms with E-state index in [2.05, 4.69) is 26.6 Å². The number of nitriles is 1. The number of anilines is 1. The maximum atomic E-state index is 12.4. The van der Waals surface area contributed by atoms with Crippen LogP contribution in [0.2, 0.25) is 0 Å². The number of hydrogen-bond donors (Lipinski definition) is 2. The third-order valence-corrected chi connectivity index (χ3v) is 4.80. The lowest BCUT2D eigenvalue weighted by atomic mass is 10.0. The van der Waals surface area contributed by atoms with Crippen LogP contribution in [0.4, 0.5) is 5.69 Å². The molecule has 5 heteroatoms. The molecule has 4 nitrogen and oxygen atoms in total. The van der Waals surface area contributed by atoms with E-state index in [1.54, 1.807) is 0 Å². The zero-order valence-corrected chi connectivity index (χ0v) is 16.8. The van der Waals surface area contributed by atoms with Crippen molar-refractivity contribution in [2.75, 3.05) is 11.9 Å². The second kappa shape index (κ2) is 9.21. The molecule has 0 spiro atoms. The van der Waals surface area contributed by atoms with Crippen molar-refractivity contribution in [3.05, 3.63) is 74.9 Å². The molecule has 0 saturated heterocycles. The minimum Gasteiger partial charge on any atom is -0.389 e. The zero-order chi connectivity index (χ0) is 19.1. The van der Waals surface area contributed by atoms with Gasteiger partial charge in [-0.05, 0) is 49.9 Å². The molecule has 0 aromatic heterocycles. The Labute approximate surface area is 163 Å². The molecule has 0 aliphatic carbocycles. The largest absolute Gasteiger partial charge is 0.389 e. The number of aryl methyl sites for hydroxylation is 3. The minimum absolute atomic E-state index is 0.0523. The average Bonchev–Trinajstić information content (AvgIpc) is 2.59. The Bertz CT molecular complexity index is 858. The maximum absolute atomic E-state index is 12.4. The number of rotatable bonds is 6. The third kappa shape index (κ3) is 5.21. The molecular weight excluding hydrogens is 390 g/mol. The van der Waals surface area contributed by atoms with E-state index in [-0.39, 0.29) is 5.57 Å². The third-order valence-electron chi connectivity index (χ3n) is 4.02. The van der Waals surface area contributed by atoms with Gasteiger partial charge in [-0.15, -0.1) is 0 Å². The topological polar surface area (TPSA) is 64.9 Å². The average molecular weight is 412 g/mol. The molecule has 0 saturated carbocycles. The molecule has 0 aliphatic rings. The van der Waals surface area contributed by atoms with Crippen molar-refractivity contribution in [1.29, 1.82) is 5.26 Å². The molecular formula is C21H22BrN3O. The van der Waals surface area contributed by atoms with E-state index in [1.165, 1.54) is 11.8 Å². The fraction of sp³-hybridized carbons (Fsp3) is 0.238. The van der Waals surface area contributed by atoms with Gasteiger partial charge < -0.3 is 10.6 Å². The van der Waals surface area contributed by atoms with Crippen molar-refractivity contribution in [3.63, 3.8) is 0 Å². The summed E-state index contributed by atoms with van der Waals surface area (Å²) in [6, 6.07) is 14.0. The first-order valence-electron chi connectivity index (χ1n) is 8.38. The van der Waals surface area contributed by atoms with Gasteiger partial charge in [-0.2, -0.15) is 5.26 Å². The van der Waals surface area contributed by atoms with E-state index in [9.17, 15) is 10.1 Å². The van der Waals surface area contributed by atoms with E-state index in [4.69, 9.17) is 0 Å². The van der Waals surface area contributed by atoms with Crippen molar-refractivity contribution in [1.82, 2.24) is 5.32 Å². The Morgan fingerprint density at radius 2 is 1.85 bits per heavy atom. The van der Waals surface area contributed by atoms with Crippen LogP contribution in [0.25, 0.3) is 0 Å². The van der Waals surface area contributed by atoms with Crippen LogP contribution in [0.3, 0.4) is 0 Å². The lowest BCUT2D eigenvalue weighted by Crippen LogP contribution is -2.19. The summed E-state index contributed by atoms with van der Waals surface area (Å²) in [6.07, 6.45) is 2.26. The Hall–Kier alpha value is -2.58. The van der Waals surface area contributed by atoms with E-state index in [0.29, 0.717) is 6.54 Å². The molecule has 2 aromatic carbocycles. The van der Waals surface area contributed by atoms with Crippen LogP contribution in [0.15, 0.2) is 52.6 Å². The first kappa shape index (κ1) is 19.7. The van der Waals surface area contributed by atoms with E-state index >= 15 is 0 Å². The van der Waals surface area contributed by atoms with E-state index in [1.807, 2.05) is 63.2 Å². The fourth-order valence-electron chi connectivity index (χ4n) is 2.79. The lowest BCUT2D eigenvalue weighted by Gasteiger charge is -2.12. The summed E-state index contributed by atoms with van der Waals surface area (Å²) in [5, 5.41) is 15.2. The van der Waals surface area contributed by atoms with E-state index < -0.39 is 5.91 Å². The van der Waals surface area contributed by atoms with Gasteiger partial charge in [0.1, 0.15) is 11.6 Å². The first-order valence-corrected chi connectivity index (χ1v) is 9.18. The van der Waals surface area contributed by atoms with Crippen LogP contribution in [-0.4, -0.2) is 12.5 Å². The normalized spacial score (nSPS) is 11.0. The number of halogens is 1. The van der Waals surface area contributed by atoms with Crippen molar-refractivity contribution in [2.45, 2.75) is 27.2 Å². The van der Waals surface area contributed by atoms with Crippen LogP contribution in [-0.2, 0) is 11.2 Å². The first-order chi connectivity index (χ1) is 12.4. The standard InChI is InChI=1S/C21H22BrN3O/c1-14-10-15(2)20(16(3)11-14)25-21(26)18(12-23)13-24-9-8-17-6-4-5-7-19(17)22/h4-7,10-11,13,24H,8-9H2,1-3H3,(H,25,26)/b18-13-. The number of carbonyl (C=O) groups excluding carboxylic acids is 1. The summed E-state index contributed by atoms with van der Waals surface area (Å²) in [4.78, 5) is 12.4. The number of amides is 1. The van der Waals surface area contributed by atoms with Crippen LogP contribution < -0.4 is 10.6 Å². The van der Waals surface area contributed by atoms with E-state index in [0.717, 1.165) is 33.3 Å². The van der Waals surface area contributed by atoms with Crippen molar-refractivity contribution in [2.24, 2.45) is 0 Å². The van der Waals surface area contributed by atoms with Crippen LogP contribution >= 0.6 is 15.9 Å². The predicted molar refractivity (Wildman–Crippen MR) is 109 cm³/mol. The Morgan fingerprint density at radius 1 is 1.19 bits per heavy atom. The molecule has 0 heterocycles. The van der Waals surface area contributed by atoms with Gasteiger partial charge in [0, 0.05) is 22.9 Å². The Balaban J connectivity index is 1.99. The molecule has 2 rings (SSSR count). The SMILES string of the molecule is Cc1cc(C)c(NC(=O)/C(C#N)=C\NCCc2ccccc2Br)c(C)c1. The molecule has 0 radical (unpaired) electrons. The Morgan fingerprint density at radius 3 is 2.46 bits per heavy atom. The van der Waals surface area contributed by atoms with Crippen LogP contribution in [0, 0.1) is 32.1 Å². The number of nitrogens with one attached hydrogen (secondary N) is 2. The van der Waals surface area contributed by atoms with Crippen LogP contribution in [0.5, 0.6) is 0 Å². The quantitative estimate of drug-likeness (QED) is 0.416. The summed E-state index contributed by atoms with van der Waals surface area (Å²) in [5.74, 6) is -0.407. The second-order valence-corrected chi connectivity index (χ2v) is 7.05. The monoisotopic (exact) mass is 411 g/mol. The highest BCUT2D eigenvalue weighted by Gasteiger charge is 2.12. The van der Waals surface area contributed by atoms with Crippen molar-refractivity contribution in [3.8, 4) is 6.07 Å². The minimum atomic E-state index is -0.407. The molecule has 0 bridgehead atoms. The molecule has 0 unspecified atom stereocenters. The maximum Gasteiger partial charge on any atom is 0.267 e. The summed E-state index contributed by atoms with van der Waals surface area (Å²) >= 11 is 3.51. The molecule has 2 N–H and O–H groups in total. The lowest BCUT2D eigenvalue weighted by molar-refractivity contribution is -0.112. The Kier molecular flexibility index (Phi) is 6.99. The van der Waals surface area contributed by atoms with Gasteiger partial charge in [0.2, 0.25) is 0 Å². The van der Waals surface area contributed by atoms with Gasteiger partial charge in [-0.3, -0.25) is 4.79 Å². The molecule has 0 atom stereocenters. The fourth-order valence-corrected chi connectivity index (χ4v) is 3.27. The summed E-state index contributed by atoms with van der Waals surface area (Å²) in [7, 11) is 0. The highest BCUT2D eigenvalue weighted by atomic mass is 79.9. The van der Waals surface area contributed by atoms with Gasteiger partial charge in [-0.1, -0.05) is 51.8 Å². The molecule has 1 amide bonds. The highest BCUT2D eigenvalue weighted by molar-refractivity contribution is 9.10. The van der Waals surface area contributed by atoms with Gasteiger partial charge >= 0.3 is 0 Å². The van der Waals surface area contributed by atoms with Crippen LogP contribution in [0.1, 0.15) is 22.3 Å². The highest BCUT2D eigenvalue weighted by Crippen LogP contribution is 2.22. The zero-order valence-electron chi connectivity index (χ0n) is 15.2. The molecule has 0 fully saturated rings. The van der Waals surface area contributed by atoms with Gasteiger partial charge in [-0.25, -0.2) is 0 Å².